The molecule has 0 aliphatic heterocycles. The van der Waals surface area contributed by atoms with Crippen molar-refractivity contribution in [2.45, 2.75) is 0 Å². The lowest BCUT2D eigenvalue weighted by molar-refractivity contribution is 0.669. The van der Waals surface area contributed by atoms with E-state index in [0.717, 1.165) is 61.0 Å². The second-order valence-electron chi connectivity index (χ2n) is 13.6. The molecule has 0 saturated carbocycles. The lowest BCUT2D eigenvalue weighted by Gasteiger charge is -2.11. The van der Waals surface area contributed by atoms with Crippen molar-refractivity contribution in [1.82, 2.24) is 19.5 Å². The Morgan fingerprint density at radius 3 is 1.72 bits per heavy atom. The predicted octanol–water partition coefficient (Wildman–Crippen LogP) is 12.7. The van der Waals surface area contributed by atoms with E-state index in [1.54, 1.807) is 0 Å². The standard InChI is InChI=1S/C49H30N4O/c1-2-11-31(12-3-1)32-21-23-33(24-22-32)47-50-48(52-49(51-47)41-18-10-17-40-39-16-7-9-20-45(39)54-46(40)41)34-25-27-37(28-26-34)53-43-19-8-6-15-38(43)42-29-35-13-4-5-14-36(35)30-44(42)53/h1-30H. The van der Waals surface area contributed by atoms with Crippen molar-refractivity contribution in [1.29, 1.82) is 0 Å². The van der Waals surface area contributed by atoms with Gasteiger partial charge in [-0.25, -0.2) is 15.0 Å². The van der Waals surface area contributed by atoms with E-state index < -0.39 is 0 Å². The fourth-order valence-corrected chi connectivity index (χ4v) is 7.81. The Kier molecular flexibility index (Phi) is 6.79. The minimum atomic E-state index is 0.560. The first-order valence-corrected chi connectivity index (χ1v) is 18.1. The van der Waals surface area contributed by atoms with Crippen LogP contribution in [0.5, 0.6) is 0 Å². The number of nitrogens with zero attached hydrogens (tertiary/aromatic N) is 4. The van der Waals surface area contributed by atoms with Crippen LogP contribution in [0.15, 0.2) is 186 Å². The van der Waals surface area contributed by atoms with Crippen LogP contribution in [0.1, 0.15) is 0 Å². The molecule has 0 bridgehead atoms. The summed E-state index contributed by atoms with van der Waals surface area (Å²) in [6.45, 7) is 0. The van der Waals surface area contributed by atoms with Crippen LogP contribution in [0.3, 0.4) is 0 Å². The summed E-state index contributed by atoms with van der Waals surface area (Å²) in [6, 6.07) is 63.4. The number of hydrogen-bond acceptors (Lipinski definition) is 4. The molecule has 0 fully saturated rings. The molecule has 0 saturated heterocycles. The molecule has 0 spiro atoms. The lowest BCUT2D eigenvalue weighted by atomic mass is 10.0. The van der Waals surface area contributed by atoms with Crippen molar-refractivity contribution in [3.8, 4) is 51.0 Å². The van der Waals surface area contributed by atoms with Crippen molar-refractivity contribution >= 4 is 54.5 Å². The van der Waals surface area contributed by atoms with E-state index in [-0.39, 0.29) is 0 Å². The van der Waals surface area contributed by atoms with Gasteiger partial charge < -0.3 is 8.98 Å². The van der Waals surface area contributed by atoms with Crippen molar-refractivity contribution < 1.29 is 4.42 Å². The quantitative estimate of drug-likeness (QED) is 0.180. The Morgan fingerprint density at radius 1 is 0.370 bits per heavy atom. The summed E-state index contributed by atoms with van der Waals surface area (Å²) in [7, 11) is 0. The van der Waals surface area contributed by atoms with E-state index in [1.165, 1.54) is 27.1 Å². The molecule has 252 valence electrons. The van der Waals surface area contributed by atoms with E-state index in [1.807, 2.05) is 36.4 Å². The second kappa shape index (κ2) is 12.1. The summed E-state index contributed by atoms with van der Waals surface area (Å²) in [5.74, 6) is 1.75. The highest BCUT2D eigenvalue weighted by molar-refractivity contribution is 6.13. The number of benzene rings is 8. The first kappa shape index (κ1) is 30.3. The summed E-state index contributed by atoms with van der Waals surface area (Å²) in [5.41, 5.74) is 9.92. The minimum Gasteiger partial charge on any atom is -0.455 e. The van der Waals surface area contributed by atoms with Gasteiger partial charge in [0.25, 0.3) is 0 Å². The number of para-hydroxylation sites is 3. The van der Waals surface area contributed by atoms with Crippen LogP contribution in [0.2, 0.25) is 0 Å². The van der Waals surface area contributed by atoms with Gasteiger partial charge in [0.1, 0.15) is 11.2 Å². The molecular weight excluding hydrogens is 661 g/mol. The number of aromatic nitrogens is 4. The third-order valence-corrected chi connectivity index (χ3v) is 10.5. The SMILES string of the molecule is c1ccc(-c2ccc(-c3nc(-c4ccc(-n5c6ccccc6c6cc7ccccc7cc65)cc4)nc(-c4cccc5c4oc4ccccc45)n3)cc2)cc1. The zero-order chi connectivity index (χ0) is 35.6. The molecule has 0 atom stereocenters. The highest BCUT2D eigenvalue weighted by Crippen LogP contribution is 2.38. The molecule has 0 N–H and O–H groups in total. The Morgan fingerprint density at radius 2 is 0.944 bits per heavy atom. The van der Waals surface area contributed by atoms with Gasteiger partial charge in [-0.3, -0.25) is 0 Å². The first-order chi connectivity index (χ1) is 26.7. The molecule has 8 aromatic carbocycles. The zero-order valence-electron chi connectivity index (χ0n) is 29.0. The topological polar surface area (TPSA) is 56.7 Å². The van der Waals surface area contributed by atoms with E-state index >= 15 is 0 Å². The fraction of sp³-hybridized carbons (Fsp3) is 0. The molecule has 0 radical (unpaired) electrons. The Hall–Kier alpha value is -7.37. The van der Waals surface area contributed by atoms with Gasteiger partial charge in [0.05, 0.1) is 16.6 Å². The van der Waals surface area contributed by atoms with E-state index in [9.17, 15) is 0 Å². The van der Waals surface area contributed by atoms with Crippen molar-refractivity contribution in [3.63, 3.8) is 0 Å². The molecule has 0 amide bonds. The van der Waals surface area contributed by atoms with Gasteiger partial charge >= 0.3 is 0 Å². The minimum absolute atomic E-state index is 0.560. The van der Waals surface area contributed by atoms with Crippen molar-refractivity contribution in [2.75, 3.05) is 0 Å². The van der Waals surface area contributed by atoms with E-state index in [0.29, 0.717) is 17.5 Å². The molecule has 54 heavy (non-hydrogen) atoms. The zero-order valence-corrected chi connectivity index (χ0v) is 29.0. The summed E-state index contributed by atoms with van der Waals surface area (Å²) >= 11 is 0. The summed E-state index contributed by atoms with van der Waals surface area (Å²) in [5, 5.41) is 7.01. The molecule has 3 heterocycles. The van der Waals surface area contributed by atoms with Crippen LogP contribution in [-0.4, -0.2) is 19.5 Å². The Balaban J connectivity index is 1.07. The third-order valence-electron chi connectivity index (χ3n) is 10.5. The van der Waals surface area contributed by atoms with Gasteiger partial charge in [-0.05, 0) is 76.5 Å². The molecule has 5 nitrogen and oxygen atoms in total. The first-order valence-electron chi connectivity index (χ1n) is 18.1. The molecule has 11 rings (SSSR count). The normalized spacial score (nSPS) is 11.7. The maximum atomic E-state index is 6.44. The van der Waals surface area contributed by atoms with Gasteiger partial charge in [0, 0.05) is 38.4 Å². The highest BCUT2D eigenvalue weighted by Gasteiger charge is 2.19. The highest BCUT2D eigenvalue weighted by atomic mass is 16.3. The lowest BCUT2D eigenvalue weighted by Crippen LogP contribution is -2.01. The average Bonchev–Trinajstić information content (AvgIpc) is 3.78. The van der Waals surface area contributed by atoms with Crippen LogP contribution < -0.4 is 0 Å². The largest absolute Gasteiger partial charge is 0.455 e. The van der Waals surface area contributed by atoms with E-state index in [4.69, 9.17) is 19.4 Å². The number of rotatable bonds is 5. The van der Waals surface area contributed by atoms with Crippen LogP contribution in [0.4, 0.5) is 0 Å². The molecule has 5 heteroatoms. The molecule has 0 unspecified atom stereocenters. The van der Waals surface area contributed by atoms with E-state index in [2.05, 4.69) is 150 Å². The smallest absolute Gasteiger partial charge is 0.167 e. The summed E-state index contributed by atoms with van der Waals surface area (Å²) in [6.07, 6.45) is 0. The number of hydrogen-bond donors (Lipinski definition) is 0. The maximum absolute atomic E-state index is 6.44. The number of furan rings is 1. The summed E-state index contributed by atoms with van der Waals surface area (Å²) in [4.78, 5) is 15.3. The van der Waals surface area contributed by atoms with Gasteiger partial charge in [-0.15, -0.1) is 0 Å². The monoisotopic (exact) mass is 690 g/mol. The number of fused-ring (bicyclic) bond motifs is 7. The molecular formula is C49H30N4O. The molecule has 11 aromatic rings. The Labute approximate surface area is 310 Å². The van der Waals surface area contributed by atoms with Gasteiger partial charge in [0.2, 0.25) is 0 Å². The average molecular weight is 691 g/mol. The summed E-state index contributed by atoms with van der Waals surface area (Å²) < 4.78 is 8.79. The third kappa shape index (κ3) is 4.90. The molecule has 3 aromatic heterocycles. The second-order valence-corrected chi connectivity index (χ2v) is 13.6. The van der Waals surface area contributed by atoms with Crippen molar-refractivity contribution in [2.24, 2.45) is 0 Å². The molecule has 0 aliphatic rings. The van der Waals surface area contributed by atoms with Crippen LogP contribution in [0, 0.1) is 0 Å². The van der Waals surface area contributed by atoms with Crippen molar-refractivity contribution in [3.05, 3.63) is 182 Å². The molecule has 0 aliphatic carbocycles. The maximum Gasteiger partial charge on any atom is 0.167 e. The Bertz CT molecular complexity index is 3200. The van der Waals surface area contributed by atoms with Gasteiger partial charge in [-0.2, -0.15) is 0 Å². The van der Waals surface area contributed by atoms with Crippen LogP contribution in [0.25, 0.3) is 105 Å². The van der Waals surface area contributed by atoms with Crippen LogP contribution >= 0.6 is 0 Å². The predicted molar refractivity (Wildman–Crippen MR) is 221 cm³/mol. The fourth-order valence-electron chi connectivity index (χ4n) is 7.81. The van der Waals surface area contributed by atoms with Gasteiger partial charge in [-0.1, -0.05) is 127 Å². The van der Waals surface area contributed by atoms with Gasteiger partial charge in [0.15, 0.2) is 17.5 Å². The van der Waals surface area contributed by atoms with Crippen LogP contribution in [-0.2, 0) is 0 Å².